The van der Waals surface area contributed by atoms with Crippen molar-refractivity contribution in [3.8, 4) is 0 Å². The molecule has 0 saturated carbocycles. The molecule has 2 N–H and O–H groups in total. The van der Waals surface area contributed by atoms with E-state index < -0.39 is 10.0 Å². The van der Waals surface area contributed by atoms with Crippen LogP contribution in [0.15, 0.2) is 53.4 Å². The van der Waals surface area contributed by atoms with E-state index in [2.05, 4.69) is 10.6 Å². The van der Waals surface area contributed by atoms with Crippen LogP contribution in [0.25, 0.3) is 0 Å². The summed E-state index contributed by atoms with van der Waals surface area (Å²) >= 11 is 6.02. The van der Waals surface area contributed by atoms with Gasteiger partial charge in [-0.25, -0.2) is 8.42 Å². The van der Waals surface area contributed by atoms with E-state index in [1.54, 1.807) is 44.2 Å². The molecule has 0 aromatic heterocycles. The molecule has 1 amide bonds. The van der Waals surface area contributed by atoms with Gasteiger partial charge in [0.05, 0.1) is 22.2 Å². The molecular formula is C18H22ClN3O3S. The lowest BCUT2D eigenvalue weighted by molar-refractivity contribution is -0.114. The third kappa shape index (κ3) is 4.97. The molecule has 0 aliphatic rings. The lowest BCUT2D eigenvalue weighted by Crippen LogP contribution is -2.30. The van der Waals surface area contributed by atoms with Gasteiger partial charge in [0.25, 0.3) is 0 Å². The van der Waals surface area contributed by atoms with Crippen LogP contribution in [0.4, 0.5) is 11.4 Å². The van der Waals surface area contributed by atoms with Gasteiger partial charge in [0.15, 0.2) is 0 Å². The van der Waals surface area contributed by atoms with Crippen LogP contribution in [0.2, 0.25) is 5.02 Å². The van der Waals surface area contributed by atoms with Gasteiger partial charge >= 0.3 is 0 Å². The molecule has 26 heavy (non-hydrogen) atoms. The Labute approximate surface area is 159 Å². The van der Waals surface area contributed by atoms with Gasteiger partial charge in [-0.05, 0) is 36.4 Å². The molecule has 0 radical (unpaired) electrons. The highest BCUT2D eigenvalue weighted by molar-refractivity contribution is 7.89. The second kappa shape index (κ2) is 9.02. The van der Waals surface area contributed by atoms with E-state index in [0.29, 0.717) is 29.5 Å². The summed E-state index contributed by atoms with van der Waals surface area (Å²) < 4.78 is 26.3. The number of anilines is 2. The Morgan fingerprint density at radius 1 is 1.04 bits per heavy atom. The number of para-hydroxylation sites is 1. The molecule has 0 spiro atoms. The van der Waals surface area contributed by atoms with E-state index >= 15 is 0 Å². The van der Waals surface area contributed by atoms with Crippen molar-refractivity contribution in [3.05, 3.63) is 53.6 Å². The van der Waals surface area contributed by atoms with Crippen LogP contribution in [0.1, 0.15) is 13.8 Å². The fraction of sp³-hybridized carbons (Fsp3) is 0.278. The summed E-state index contributed by atoms with van der Waals surface area (Å²) in [6.45, 7) is 4.45. The smallest absolute Gasteiger partial charge is 0.243 e. The van der Waals surface area contributed by atoms with Crippen molar-refractivity contribution in [2.24, 2.45) is 0 Å². The van der Waals surface area contributed by atoms with Crippen LogP contribution < -0.4 is 10.6 Å². The first-order valence-corrected chi connectivity index (χ1v) is 10.1. The molecule has 8 heteroatoms. The van der Waals surface area contributed by atoms with Crippen molar-refractivity contribution in [2.45, 2.75) is 18.7 Å². The van der Waals surface area contributed by atoms with Gasteiger partial charge in [-0.3, -0.25) is 4.79 Å². The number of carbonyl (C=O) groups excluding carboxylic acids is 1. The number of hydrogen-bond acceptors (Lipinski definition) is 4. The highest BCUT2D eigenvalue weighted by Gasteiger charge is 2.21. The van der Waals surface area contributed by atoms with E-state index in [4.69, 9.17) is 11.6 Å². The average molecular weight is 396 g/mol. The van der Waals surface area contributed by atoms with Gasteiger partial charge in [0.1, 0.15) is 0 Å². The maximum atomic E-state index is 12.4. The monoisotopic (exact) mass is 395 g/mol. The van der Waals surface area contributed by atoms with Crippen molar-refractivity contribution in [1.82, 2.24) is 4.31 Å². The molecule has 6 nitrogen and oxygen atoms in total. The van der Waals surface area contributed by atoms with Gasteiger partial charge in [-0.2, -0.15) is 4.31 Å². The Hall–Kier alpha value is -2.09. The molecule has 0 heterocycles. The van der Waals surface area contributed by atoms with Gasteiger partial charge in [-0.1, -0.05) is 37.6 Å². The zero-order valence-electron chi connectivity index (χ0n) is 14.7. The molecule has 0 aliphatic heterocycles. The van der Waals surface area contributed by atoms with E-state index in [0.717, 1.165) is 0 Å². The summed E-state index contributed by atoms with van der Waals surface area (Å²) in [6, 6.07) is 13.3. The van der Waals surface area contributed by atoms with Gasteiger partial charge in [0.2, 0.25) is 15.9 Å². The van der Waals surface area contributed by atoms with Crippen LogP contribution in [-0.2, 0) is 14.8 Å². The zero-order valence-corrected chi connectivity index (χ0v) is 16.3. The predicted molar refractivity (Wildman–Crippen MR) is 105 cm³/mol. The molecule has 0 bridgehead atoms. The Morgan fingerprint density at radius 2 is 1.65 bits per heavy atom. The van der Waals surface area contributed by atoms with Crippen LogP contribution in [0.3, 0.4) is 0 Å². The number of hydrogen-bond donors (Lipinski definition) is 2. The minimum atomic E-state index is -3.50. The van der Waals surface area contributed by atoms with Crippen molar-refractivity contribution in [3.63, 3.8) is 0 Å². The molecule has 0 aliphatic carbocycles. The van der Waals surface area contributed by atoms with Crippen LogP contribution in [-0.4, -0.2) is 38.3 Å². The fourth-order valence-electron chi connectivity index (χ4n) is 2.41. The second-order valence-corrected chi connectivity index (χ2v) is 7.84. The van der Waals surface area contributed by atoms with Crippen LogP contribution in [0.5, 0.6) is 0 Å². The van der Waals surface area contributed by atoms with Gasteiger partial charge in [-0.15, -0.1) is 0 Å². The topological polar surface area (TPSA) is 78.5 Å². The van der Waals surface area contributed by atoms with Crippen molar-refractivity contribution in [2.75, 3.05) is 30.3 Å². The Morgan fingerprint density at radius 3 is 2.23 bits per heavy atom. The van der Waals surface area contributed by atoms with E-state index in [1.807, 2.05) is 6.07 Å². The van der Waals surface area contributed by atoms with E-state index in [1.165, 1.54) is 16.4 Å². The normalized spacial score (nSPS) is 11.4. The largest absolute Gasteiger partial charge is 0.375 e. The summed E-state index contributed by atoms with van der Waals surface area (Å²) in [6.07, 6.45) is 0. The van der Waals surface area contributed by atoms with Crippen molar-refractivity contribution >= 4 is 38.9 Å². The number of nitrogens with zero attached hydrogens (tertiary/aromatic N) is 1. The maximum absolute atomic E-state index is 12.4. The Balaban J connectivity index is 1.98. The first-order chi connectivity index (χ1) is 12.4. The number of sulfonamides is 1. The average Bonchev–Trinajstić information content (AvgIpc) is 2.62. The molecule has 140 valence electrons. The van der Waals surface area contributed by atoms with Crippen molar-refractivity contribution in [1.29, 1.82) is 0 Å². The van der Waals surface area contributed by atoms with E-state index in [9.17, 15) is 13.2 Å². The molecule has 0 atom stereocenters. The molecule has 0 unspecified atom stereocenters. The number of carbonyl (C=O) groups is 1. The first-order valence-electron chi connectivity index (χ1n) is 8.27. The van der Waals surface area contributed by atoms with Crippen molar-refractivity contribution < 1.29 is 13.2 Å². The third-order valence-electron chi connectivity index (χ3n) is 3.79. The van der Waals surface area contributed by atoms with Gasteiger partial charge in [0, 0.05) is 18.8 Å². The SMILES string of the molecule is CCN(CC)S(=O)(=O)c1ccc(NC(=O)CNc2ccccc2Cl)cc1. The molecule has 2 aromatic rings. The third-order valence-corrected chi connectivity index (χ3v) is 6.19. The Kier molecular flexibility index (Phi) is 7.02. The maximum Gasteiger partial charge on any atom is 0.243 e. The number of halogens is 1. The quantitative estimate of drug-likeness (QED) is 0.717. The lowest BCUT2D eigenvalue weighted by atomic mass is 10.3. The minimum Gasteiger partial charge on any atom is -0.375 e. The number of amides is 1. The van der Waals surface area contributed by atoms with E-state index in [-0.39, 0.29) is 17.3 Å². The minimum absolute atomic E-state index is 0.0449. The second-order valence-electron chi connectivity index (χ2n) is 5.50. The summed E-state index contributed by atoms with van der Waals surface area (Å²) in [5, 5.41) is 6.20. The summed E-state index contributed by atoms with van der Waals surface area (Å²) in [7, 11) is -3.50. The van der Waals surface area contributed by atoms with Gasteiger partial charge < -0.3 is 10.6 Å². The van der Waals surface area contributed by atoms with Crippen LogP contribution >= 0.6 is 11.6 Å². The molecule has 0 fully saturated rings. The fourth-order valence-corrected chi connectivity index (χ4v) is 4.07. The zero-order chi connectivity index (χ0) is 19.2. The molecular weight excluding hydrogens is 374 g/mol. The summed E-state index contributed by atoms with van der Waals surface area (Å²) in [4.78, 5) is 12.2. The summed E-state index contributed by atoms with van der Waals surface area (Å²) in [5.74, 6) is -0.260. The standard InChI is InChI=1S/C18H22ClN3O3S/c1-3-22(4-2)26(24,25)15-11-9-14(10-12-15)21-18(23)13-20-17-8-6-5-7-16(17)19/h5-12,20H,3-4,13H2,1-2H3,(H,21,23). The molecule has 2 rings (SSSR count). The number of benzene rings is 2. The lowest BCUT2D eigenvalue weighted by Gasteiger charge is -2.18. The highest BCUT2D eigenvalue weighted by Crippen LogP contribution is 2.20. The predicted octanol–water partition coefficient (Wildman–Crippen LogP) is 3.42. The first kappa shape index (κ1) is 20.2. The summed E-state index contributed by atoms with van der Waals surface area (Å²) in [5.41, 5.74) is 1.19. The van der Waals surface area contributed by atoms with Crippen LogP contribution in [0, 0.1) is 0 Å². The highest BCUT2D eigenvalue weighted by atomic mass is 35.5. The Bertz CT molecular complexity index is 850. The number of rotatable bonds is 8. The molecule has 2 aromatic carbocycles. The number of nitrogens with one attached hydrogen (secondary N) is 2. The molecule has 0 saturated heterocycles.